The van der Waals surface area contributed by atoms with Crippen molar-refractivity contribution >= 4 is 22.1 Å². The number of halogens is 1. The van der Waals surface area contributed by atoms with Crippen molar-refractivity contribution in [2.75, 3.05) is 5.33 Å². The van der Waals surface area contributed by atoms with Crippen molar-refractivity contribution < 1.29 is 118 Å². The van der Waals surface area contributed by atoms with Crippen molar-refractivity contribution in [2.45, 2.75) is 0 Å². The van der Waals surface area contributed by atoms with Crippen LogP contribution in [0.15, 0.2) is 12.7 Å². The molecule has 0 spiro atoms. The van der Waals surface area contributed by atoms with E-state index in [1.807, 2.05) is 0 Å². The Balaban J connectivity index is -0.0000000300. The molecule has 0 heterocycles. The topological polar surface area (TPSA) is 63.2 Å². The van der Waals surface area contributed by atoms with E-state index in [1.54, 1.807) is 6.08 Å². The maximum Gasteiger partial charge on any atom is 1.00 e. The van der Waals surface area contributed by atoms with Crippen LogP contribution in [0.4, 0.5) is 4.79 Å². The summed E-state index contributed by atoms with van der Waals surface area (Å²) < 4.78 is 0. The summed E-state index contributed by atoms with van der Waals surface area (Å²) >= 11 is 3.13. The van der Waals surface area contributed by atoms with Crippen LogP contribution in [0.1, 0.15) is 0 Å². The second-order valence-corrected chi connectivity index (χ2v) is 1.34. The molecule has 0 radical (unpaired) electrons. The molecule has 0 aliphatic carbocycles. The van der Waals surface area contributed by atoms with Crippen LogP contribution in [0.2, 0.25) is 0 Å². The molecular formula is C4H5BrK2O3. The Morgan fingerprint density at radius 3 is 1.60 bits per heavy atom. The quantitative estimate of drug-likeness (QED) is 0.267. The second kappa shape index (κ2) is 22.6. The van der Waals surface area contributed by atoms with Crippen molar-refractivity contribution in [3.05, 3.63) is 12.7 Å². The van der Waals surface area contributed by atoms with Crippen LogP contribution in [0.25, 0.3) is 0 Å². The first-order valence-electron chi connectivity index (χ1n) is 1.70. The average Bonchev–Trinajstić information content (AvgIpc) is 1.65. The first-order chi connectivity index (χ1) is 3.65. The Labute approximate surface area is 154 Å². The van der Waals surface area contributed by atoms with Crippen LogP contribution >= 0.6 is 15.9 Å². The van der Waals surface area contributed by atoms with Gasteiger partial charge in [-0.05, 0) is 6.16 Å². The predicted octanol–water partition coefficient (Wildman–Crippen LogP) is -6.87. The number of alkyl halides is 1. The van der Waals surface area contributed by atoms with Crippen molar-refractivity contribution in [3.8, 4) is 0 Å². The SMILES string of the molecule is C=CCBr.O=C([O-])[O-].[K+].[K+]. The maximum absolute atomic E-state index is 8.33. The van der Waals surface area contributed by atoms with Crippen LogP contribution in [0.5, 0.6) is 0 Å². The molecule has 0 amide bonds. The van der Waals surface area contributed by atoms with Gasteiger partial charge in [0.15, 0.2) is 0 Å². The third-order valence-corrected chi connectivity index (χ3v) is 0.567. The zero-order valence-electron chi connectivity index (χ0n) is 6.09. The summed E-state index contributed by atoms with van der Waals surface area (Å²) in [5, 5.41) is 17.6. The van der Waals surface area contributed by atoms with E-state index in [9.17, 15) is 0 Å². The fraction of sp³-hybridized carbons (Fsp3) is 0.250. The molecule has 0 aliphatic rings. The van der Waals surface area contributed by atoms with E-state index in [0.29, 0.717) is 0 Å². The van der Waals surface area contributed by atoms with Gasteiger partial charge in [-0.1, -0.05) is 22.0 Å². The fourth-order valence-corrected chi connectivity index (χ4v) is 0. The Morgan fingerprint density at radius 1 is 1.50 bits per heavy atom. The summed E-state index contributed by atoms with van der Waals surface area (Å²) in [7, 11) is 0. The summed E-state index contributed by atoms with van der Waals surface area (Å²) in [6.45, 7) is 3.43. The zero-order valence-corrected chi connectivity index (χ0v) is 13.9. The fourth-order valence-electron chi connectivity index (χ4n) is 0. The molecule has 0 saturated carbocycles. The Morgan fingerprint density at radius 2 is 1.60 bits per heavy atom. The number of rotatable bonds is 1. The number of hydrogen-bond donors (Lipinski definition) is 0. The van der Waals surface area contributed by atoms with Gasteiger partial charge < -0.3 is 15.0 Å². The van der Waals surface area contributed by atoms with E-state index in [1.165, 1.54) is 0 Å². The minimum Gasteiger partial charge on any atom is -0.652 e. The van der Waals surface area contributed by atoms with Crippen LogP contribution in [-0.2, 0) is 0 Å². The molecule has 0 saturated heterocycles. The maximum atomic E-state index is 8.33. The van der Waals surface area contributed by atoms with Crippen molar-refractivity contribution in [3.63, 3.8) is 0 Å². The summed E-state index contributed by atoms with van der Waals surface area (Å²) in [6, 6.07) is 0. The Kier molecular flexibility index (Phi) is 52.0. The van der Waals surface area contributed by atoms with E-state index < -0.39 is 6.16 Å². The van der Waals surface area contributed by atoms with Gasteiger partial charge in [-0.15, -0.1) is 6.58 Å². The first kappa shape index (κ1) is 23.0. The first-order valence-corrected chi connectivity index (χ1v) is 2.82. The molecule has 0 aromatic rings. The molecule has 0 bridgehead atoms. The van der Waals surface area contributed by atoms with E-state index in [-0.39, 0.29) is 103 Å². The molecule has 0 fully saturated rings. The molecule has 10 heavy (non-hydrogen) atoms. The van der Waals surface area contributed by atoms with Gasteiger partial charge >= 0.3 is 103 Å². The summed E-state index contributed by atoms with van der Waals surface area (Å²) in [6.07, 6.45) is -0.542. The Bertz CT molecular complexity index is 74.9. The number of hydrogen-bond acceptors (Lipinski definition) is 3. The van der Waals surface area contributed by atoms with Crippen molar-refractivity contribution in [1.29, 1.82) is 0 Å². The number of allylic oxidation sites excluding steroid dienone is 1. The summed E-state index contributed by atoms with van der Waals surface area (Å²) in [5.41, 5.74) is 0. The summed E-state index contributed by atoms with van der Waals surface area (Å²) in [5.74, 6) is 0. The smallest absolute Gasteiger partial charge is 0.652 e. The van der Waals surface area contributed by atoms with E-state index in [4.69, 9.17) is 15.0 Å². The summed E-state index contributed by atoms with van der Waals surface area (Å²) in [4.78, 5) is 8.33. The number of carbonyl (C=O) groups is 1. The van der Waals surface area contributed by atoms with Crippen LogP contribution in [0.3, 0.4) is 0 Å². The standard InChI is InChI=1S/C3H5Br.CH2O3.2K/c1-2-3-4;2-1(3)4;;/h2H,1,3H2;(H2,2,3,4);;/q;;2*+1/p-2. The number of carboxylic acid groups (broad SMARTS) is 2. The molecule has 3 nitrogen and oxygen atoms in total. The van der Waals surface area contributed by atoms with E-state index in [0.717, 1.165) is 5.33 Å². The molecule has 0 atom stereocenters. The van der Waals surface area contributed by atoms with Gasteiger partial charge in [0, 0.05) is 5.33 Å². The van der Waals surface area contributed by atoms with Gasteiger partial charge in [-0.25, -0.2) is 0 Å². The normalized spacial score (nSPS) is 4.90. The van der Waals surface area contributed by atoms with Gasteiger partial charge in [0.2, 0.25) is 0 Å². The monoisotopic (exact) mass is 258 g/mol. The van der Waals surface area contributed by atoms with Crippen LogP contribution in [0, 0.1) is 0 Å². The van der Waals surface area contributed by atoms with Gasteiger partial charge in [0.05, 0.1) is 0 Å². The minimum absolute atomic E-state index is 0. The molecular weight excluding hydrogens is 254 g/mol. The molecule has 0 aromatic heterocycles. The molecule has 0 rings (SSSR count). The van der Waals surface area contributed by atoms with Crippen molar-refractivity contribution in [2.24, 2.45) is 0 Å². The molecule has 0 aromatic carbocycles. The van der Waals surface area contributed by atoms with Gasteiger partial charge in [-0.2, -0.15) is 0 Å². The molecule has 48 valence electrons. The van der Waals surface area contributed by atoms with Crippen LogP contribution < -0.4 is 113 Å². The van der Waals surface area contributed by atoms with E-state index >= 15 is 0 Å². The molecule has 0 unspecified atom stereocenters. The molecule has 0 aliphatic heterocycles. The number of carbonyl (C=O) groups excluding carboxylic acids is 1. The van der Waals surface area contributed by atoms with Gasteiger partial charge in [0.25, 0.3) is 0 Å². The van der Waals surface area contributed by atoms with Gasteiger partial charge in [0.1, 0.15) is 0 Å². The molecule has 0 N–H and O–H groups in total. The average molecular weight is 259 g/mol. The van der Waals surface area contributed by atoms with Crippen molar-refractivity contribution in [1.82, 2.24) is 0 Å². The molecule has 6 heteroatoms. The predicted molar refractivity (Wildman–Crippen MR) is 29.4 cm³/mol. The van der Waals surface area contributed by atoms with Crippen LogP contribution in [-0.4, -0.2) is 11.5 Å². The second-order valence-electron chi connectivity index (χ2n) is 0.693. The van der Waals surface area contributed by atoms with E-state index in [2.05, 4.69) is 22.5 Å². The third-order valence-electron chi connectivity index (χ3n) is 0.109. The minimum atomic E-state index is -2.33. The largest absolute Gasteiger partial charge is 1.00 e. The van der Waals surface area contributed by atoms with Gasteiger partial charge in [-0.3, -0.25) is 0 Å². The zero-order chi connectivity index (χ0) is 6.99. The third kappa shape index (κ3) is 72.5. The Hall–Kier alpha value is 2.76.